The molecular weight excluding hydrogens is 806 g/mol. The van der Waals surface area contributed by atoms with Gasteiger partial charge in [0.15, 0.2) is 6.10 Å². The van der Waals surface area contributed by atoms with Crippen molar-refractivity contribution in [3.05, 3.63) is 60.8 Å². The van der Waals surface area contributed by atoms with Gasteiger partial charge in [-0.05, 0) is 57.8 Å². The summed E-state index contributed by atoms with van der Waals surface area (Å²) >= 11 is 0. The van der Waals surface area contributed by atoms with Crippen LogP contribution in [0.15, 0.2) is 60.8 Å². The van der Waals surface area contributed by atoms with E-state index < -0.39 is 44.7 Å². The van der Waals surface area contributed by atoms with Crippen LogP contribution in [-0.2, 0) is 32.7 Å². The summed E-state index contributed by atoms with van der Waals surface area (Å²) < 4.78 is 34.2. The summed E-state index contributed by atoms with van der Waals surface area (Å²) in [5, 5.41) is 20.2. The highest BCUT2D eigenvalue weighted by Crippen LogP contribution is 2.43. The van der Waals surface area contributed by atoms with E-state index in [1.54, 1.807) is 18.2 Å². The Morgan fingerprint density at radius 2 is 1.06 bits per heavy atom. The predicted octanol–water partition coefficient (Wildman–Crippen LogP) is 12.0. The van der Waals surface area contributed by atoms with E-state index in [2.05, 4.69) is 26.0 Å². The second-order valence-electron chi connectivity index (χ2n) is 17.5. The molecule has 0 aromatic heterocycles. The van der Waals surface area contributed by atoms with E-state index >= 15 is 0 Å². The third-order valence-electron chi connectivity index (χ3n) is 10.2. The van der Waals surface area contributed by atoms with Crippen molar-refractivity contribution in [2.24, 2.45) is 0 Å². The number of aliphatic hydroxyl groups is 2. The molecule has 4 atom stereocenters. The lowest BCUT2D eigenvalue weighted by Gasteiger charge is -2.24. The number of esters is 2. The second-order valence-corrected chi connectivity index (χ2v) is 19.0. The molecule has 0 aromatic rings. The number of carbonyl (C=O) groups excluding carboxylic acids is 2. The zero-order valence-corrected chi connectivity index (χ0v) is 40.7. The Morgan fingerprint density at radius 1 is 0.581 bits per heavy atom. The topological polar surface area (TPSA) is 149 Å². The molecule has 12 heteroatoms. The summed E-state index contributed by atoms with van der Waals surface area (Å²) in [5.74, 6) is -1.03. The number of unbranched alkanes of at least 4 members (excludes halogenated alkanes) is 17. The molecule has 62 heavy (non-hydrogen) atoms. The molecule has 0 aromatic carbocycles. The van der Waals surface area contributed by atoms with Gasteiger partial charge in [0.25, 0.3) is 0 Å². The van der Waals surface area contributed by atoms with Crippen LogP contribution >= 0.6 is 7.82 Å². The molecule has 0 bridgehead atoms. The summed E-state index contributed by atoms with van der Waals surface area (Å²) in [6, 6.07) is 0. The van der Waals surface area contributed by atoms with Crippen LogP contribution in [-0.4, -0.2) is 97.3 Å². The quantitative estimate of drug-likeness (QED) is 0.0135. The number of phosphoric ester groups is 1. The maximum atomic E-state index is 12.7. The van der Waals surface area contributed by atoms with Gasteiger partial charge in [-0.15, -0.1) is 0 Å². The predicted molar refractivity (Wildman–Crippen MR) is 255 cm³/mol. The Bertz CT molecular complexity index is 1270. The fourth-order valence-corrected chi connectivity index (χ4v) is 7.08. The van der Waals surface area contributed by atoms with E-state index in [-0.39, 0.29) is 26.1 Å². The molecule has 0 saturated heterocycles. The fourth-order valence-electron chi connectivity index (χ4n) is 6.34. The van der Waals surface area contributed by atoms with Gasteiger partial charge in [-0.2, -0.15) is 0 Å². The number of hydrogen-bond donors (Lipinski definition) is 3. The first-order valence-corrected chi connectivity index (χ1v) is 25.7. The zero-order valence-electron chi connectivity index (χ0n) is 39.8. The van der Waals surface area contributed by atoms with Crippen molar-refractivity contribution in [2.75, 3.05) is 47.5 Å². The highest BCUT2D eigenvalue weighted by molar-refractivity contribution is 7.47. The monoisotopic (exact) mass is 897 g/mol. The lowest BCUT2D eigenvalue weighted by Crippen LogP contribution is -2.37. The van der Waals surface area contributed by atoms with Crippen LogP contribution < -0.4 is 0 Å². The molecule has 1 unspecified atom stereocenters. The minimum Gasteiger partial charge on any atom is -0.462 e. The number of allylic oxidation sites excluding steroid dienone is 8. The van der Waals surface area contributed by atoms with Crippen LogP contribution in [0.3, 0.4) is 0 Å². The van der Waals surface area contributed by atoms with E-state index in [0.29, 0.717) is 36.7 Å². The molecule has 0 fully saturated rings. The smallest absolute Gasteiger partial charge is 0.462 e. The Balaban J connectivity index is 4.52. The van der Waals surface area contributed by atoms with Crippen molar-refractivity contribution < 1.29 is 52.3 Å². The number of rotatable bonds is 43. The molecule has 3 N–H and O–H groups in total. The molecule has 0 aliphatic carbocycles. The largest absolute Gasteiger partial charge is 0.472 e. The molecule has 0 radical (unpaired) electrons. The van der Waals surface area contributed by atoms with Gasteiger partial charge in [-0.25, -0.2) is 4.57 Å². The lowest BCUT2D eigenvalue weighted by atomic mass is 10.1. The lowest BCUT2D eigenvalue weighted by molar-refractivity contribution is -0.870. The maximum absolute atomic E-state index is 12.7. The van der Waals surface area contributed by atoms with Crippen LogP contribution in [0.1, 0.15) is 181 Å². The van der Waals surface area contributed by atoms with E-state index in [1.165, 1.54) is 83.5 Å². The molecule has 11 nitrogen and oxygen atoms in total. The van der Waals surface area contributed by atoms with Crippen LogP contribution in [0.2, 0.25) is 0 Å². The Morgan fingerprint density at radius 3 is 1.61 bits per heavy atom. The van der Waals surface area contributed by atoms with Crippen molar-refractivity contribution in [3.8, 4) is 0 Å². The standard InChI is InChI=1S/C50H90NO10P/c1-6-8-10-11-12-13-14-15-16-17-18-19-20-21-22-23-27-30-34-40-50(55)61-48(45-60-62(56,57)59-43-42-51(3,4)5)44-58-49(54)41-35-39-47(53)38-33-29-26-24-25-28-32-37-46(52)36-31-9-7-2/h15-16,25-26,28-29,32-33,37-38,46-48,52-53H,6-14,17-24,27,30-31,34-36,39-45H2,1-5H3/p+1/b16-15-,28-25-,29-26-,37-32+,38-33+/t46-,47-,48+/m0/s1. The van der Waals surface area contributed by atoms with Crippen molar-refractivity contribution in [3.63, 3.8) is 0 Å². The van der Waals surface area contributed by atoms with Gasteiger partial charge in [0.05, 0.1) is 40.0 Å². The maximum Gasteiger partial charge on any atom is 0.472 e. The van der Waals surface area contributed by atoms with Crippen LogP contribution in [0.5, 0.6) is 0 Å². The van der Waals surface area contributed by atoms with Crippen molar-refractivity contribution in [2.45, 2.75) is 199 Å². The Kier molecular flexibility index (Phi) is 39.8. The van der Waals surface area contributed by atoms with E-state index in [0.717, 1.165) is 44.9 Å². The summed E-state index contributed by atoms with van der Waals surface area (Å²) in [6.07, 6.45) is 43.4. The number of ether oxygens (including phenoxy) is 2. The average Bonchev–Trinajstić information content (AvgIpc) is 3.21. The first-order valence-electron chi connectivity index (χ1n) is 24.2. The first kappa shape index (κ1) is 59.6. The Hall–Kier alpha value is -2.37. The molecule has 0 aliphatic rings. The Labute approximate surface area is 378 Å². The third-order valence-corrected chi connectivity index (χ3v) is 11.2. The average molecular weight is 897 g/mol. The normalized spacial score (nSPS) is 15.0. The molecule has 0 rings (SSSR count). The van der Waals surface area contributed by atoms with Crippen molar-refractivity contribution >= 4 is 19.8 Å². The molecule has 0 heterocycles. The van der Waals surface area contributed by atoms with Crippen LogP contribution in [0.25, 0.3) is 0 Å². The molecule has 0 aliphatic heterocycles. The second kappa shape index (κ2) is 41.3. The van der Waals surface area contributed by atoms with Gasteiger partial charge in [-0.3, -0.25) is 18.6 Å². The van der Waals surface area contributed by atoms with Crippen molar-refractivity contribution in [1.82, 2.24) is 0 Å². The van der Waals surface area contributed by atoms with Gasteiger partial charge < -0.3 is 29.1 Å². The number of quaternary nitrogens is 1. The number of carbonyl (C=O) groups is 2. The molecular formula is C50H91NO10P+. The first-order chi connectivity index (χ1) is 29.8. The van der Waals surface area contributed by atoms with Gasteiger partial charge in [0.2, 0.25) is 0 Å². The highest BCUT2D eigenvalue weighted by Gasteiger charge is 2.27. The van der Waals surface area contributed by atoms with E-state index in [1.807, 2.05) is 51.5 Å². The molecule has 0 amide bonds. The fraction of sp³-hybridized carbons (Fsp3) is 0.760. The number of nitrogens with zero attached hydrogens (tertiary/aromatic N) is 1. The number of likely N-dealkylation sites (N-methyl/N-ethyl adjacent to an activating group) is 1. The molecule has 360 valence electrons. The molecule has 0 spiro atoms. The van der Waals surface area contributed by atoms with Crippen molar-refractivity contribution in [1.29, 1.82) is 0 Å². The number of aliphatic hydroxyl groups excluding tert-OH is 2. The van der Waals surface area contributed by atoms with Gasteiger partial charge in [0.1, 0.15) is 19.8 Å². The SMILES string of the molecule is CCCCCCCC/C=C\CCCCCCCCCCCC(=O)O[C@H](COC(=O)CCC[C@@H](O)/C=C/C=C\C/C=C\C=C\[C@@H](O)CCCCC)COP(=O)(O)OCC[N+](C)(C)C. The number of phosphoric acid groups is 1. The van der Waals surface area contributed by atoms with Crippen LogP contribution in [0, 0.1) is 0 Å². The summed E-state index contributed by atoms with van der Waals surface area (Å²) in [6.45, 7) is 4.06. The summed E-state index contributed by atoms with van der Waals surface area (Å²) in [4.78, 5) is 35.5. The van der Waals surface area contributed by atoms with Gasteiger partial charge in [-0.1, -0.05) is 171 Å². The minimum atomic E-state index is -4.44. The number of hydrogen-bond acceptors (Lipinski definition) is 9. The van der Waals surface area contributed by atoms with E-state index in [9.17, 15) is 29.3 Å². The molecule has 0 saturated carbocycles. The van der Waals surface area contributed by atoms with Crippen LogP contribution in [0.4, 0.5) is 0 Å². The third kappa shape index (κ3) is 44.2. The van der Waals surface area contributed by atoms with E-state index in [4.69, 9.17) is 18.5 Å². The highest BCUT2D eigenvalue weighted by atomic mass is 31.2. The summed E-state index contributed by atoms with van der Waals surface area (Å²) in [5.41, 5.74) is 0. The van der Waals surface area contributed by atoms with Gasteiger partial charge >= 0.3 is 19.8 Å². The van der Waals surface area contributed by atoms with Gasteiger partial charge in [0, 0.05) is 12.8 Å². The zero-order chi connectivity index (χ0) is 46.0. The summed E-state index contributed by atoms with van der Waals surface area (Å²) in [7, 11) is 1.34. The minimum absolute atomic E-state index is 0.00793.